The molecular weight excluding hydrogens is 274 g/mol. The first-order valence-electron chi connectivity index (χ1n) is 6.65. The maximum Gasteiger partial charge on any atom is 0.317 e. The molecule has 5 heteroatoms. The molecule has 1 aliphatic heterocycles. The van der Waals surface area contributed by atoms with Gasteiger partial charge in [-0.15, -0.1) is 0 Å². The van der Waals surface area contributed by atoms with E-state index in [1.807, 2.05) is 41.4 Å². The van der Waals surface area contributed by atoms with Crippen LogP contribution in [-0.2, 0) is 19.5 Å². The number of aromatic amines is 1. The summed E-state index contributed by atoms with van der Waals surface area (Å²) in [5, 5.41) is 3.65. The zero-order valence-electron chi connectivity index (χ0n) is 11.0. The highest BCUT2D eigenvalue weighted by Crippen LogP contribution is 2.17. The van der Waals surface area contributed by atoms with Crippen LogP contribution in [-0.4, -0.2) is 22.5 Å². The molecule has 20 heavy (non-hydrogen) atoms. The van der Waals surface area contributed by atoms with Crippen molar-refractivity contribution in [2.45, 2.75) is 19.5 Å². The number of carbonyl (C=O) groups is 1. The van der Waals surface area contributed by atoms with E-state index in [9.17, 15) is 4.79 Å². The van der Waals surface area contributed by atoms with E-state index in [1.165, 1.54) is 11.3 Å². The molecule has 0 fully saturated rings. The predicted octanol–water partition coefficient (Wildman–Crippen LogP) is 2.94. The van der Waals surface area contributed by atoms with Crippen LogP contribution in [0.5, 0.6) is 0 Å². The number of amides is 2. The van der Waals surface area contributed by atoms with E-state index in [0.717, 1.165) is 18.5 Å². The molecule has 0 unspecified atom stereocenters. The summed E-state index contributed by atoms with van der Waals surface area (Å²) in [5.41, 5.74) is 3.49. The number of fused-ring (bicyclic) bond motifs is 1. The quantitative estimate of drug-likeness (QED) is 0.877. The van der Waals surface area contributed by atoms with Crippen molar-refractivity contribution in [3.63, 3.8) is 0 Å². The van der Waals surface area contributed by atoms with E-state index >= 15 is 0 Å². The third-order valence-corrected chi connectivity index (χ3v) is 3.82. The molecule has 0 radical (unpaired) electrons. The van der Waals surface area contributed by atoms with Crippen molar-refractivity contribution in [2.24, 2.45) is 0 Å². The summed E-state index contributed by atoms with van der Waals surface area (Å²) in [6.45, 7) is 1.94. The van der Waals surface area contributed by atoms with Crippen LogP contribution < -0.4 is 5.32 Å². The Kier molecular flexibility index (Phi) is 3.65. The fourth-order valence-corrected chi connectivity index (χ4v) is 2.54. The second kappa shape index (κ2) is 5.59. The highest BCUT2D eigenvalue weighted by atomic mass is 35.5. The topological polar surface area (TPSA) is 48.1 Å². The summed E-state index contributed by atoms with van der Waals surface area (Å²) in [7, 11) is 0. The first kappa shape index (κ1) is 13.1. The number of carbonyl (C=O) groups excluding carboxylic acids is 1. The molecule has 1 aromatic carbocycles. The lowest BCUT2D eigenvalue weighted by Gasteiger charge is -2.27. The van der Waals surface area contributed by atoms with Gasteiger partial charge in [-0.2, -0.15) is 0 Å². The van der Waals surface area contributed by atoms with Crippen molar-refractivity contribution in [1.82, 2.24) is 15.2 Å². The lowest BCUT2D eigenvalue weighted by atomic mass is 10.1. The first-order valence-corrected chi connectivity index (χ1v) is 7.02. The third kappa shape index (κ3) is 2.80. The number of H-pyrrole nitrogens is 1. The van der Waals surface area contributed by atoms with Crippen LogP contribution in [0.3, 0.4) is 0 Å². The minimum absolute atomic E-state index is 0.0215. The molecule has 3 rings (SSSR count). The van der Waals surface area contributed by atoms with Crippen LogP contribution in [0.1, 0.15) is 16.8 Å². The van der Waals surface area contributed by atoms with Crippen LogP contribution in [0, 0.1) is 0 Å². The molecule has 0 saturated heterocycles. The Hall–Kier alpha value is -1.94. The molecular formula is C15H16ClN3O. The standard InChI is InChI=1S/C15H16ClN3O/c16-13-3-1-11(2-4-13)9-18-15(20)19-8-6-14-12(10-19)5-7-17-14/h1-5,7,17H,6,8-10H2,(H,18,20). The van der Waals surface area contributed by atoms with E-state index in [4.69, 9.17) is 11.6 Å². The molecule has 1 aliphatic rings. The number of nitrogens with one attached hydrogen (secondary N) is 2. The molecule has 0 bridgehead atoms. The number of halogens is 1. The van der Waals surface area contributed by atoms with E-state index < -0.39 is 0 Å². The van der Waals surface area contributed by atoms with Crippen molar-refractivity contribution in [3.8, 4) is 0 Å². The maximum atomic E-state index is 12.1. The molecule has 2 N–H and O–H groups in total. The molecule has 0 spiro atoms. The zero-order valence-corrected chi connectivity index (χ0v) is 11.8. The SMILES string of the molecule is O=C(NCc1ccc(Cl)cc1)N1CCc2[nH]ccc2C1. The smallest absolute Gasteiger partial charge is 0.317 e. The van der Waals surface area contributed by atoms with Crippen LogP contribution in [0.25, 0.3) is 0 Å². The fourth-order valence-electron chi connectivity index (χ4n) is 2.41. The van der Waals surface area contributed by atoms with Gasteiger partial charge in [-0.05, 0) is 29.3 Å². The number of rotatable bonds is 2. The summed E-state index contributed by atoms with van der Waals surface area (Å²) in [5.74, 6) is 0. The number of benzene rings is 1. The van der Waals surface area contributed by atoms with Gasteiger partial charge in [-0.1, -0.05) is 23.7 Å². The Bertz CT molecular complexity index is 606. The van der Waals surface area contributed by atoms with Gasteiger partial charge in [-0.3, -0.25) is 0 Å². The van der Waals surface area contributed by atoms with Crippen LogP contribution in [0.2, 0.25) is 5.02 Å². The first-order chi connectivity index (χ1) is 9.72. The lowest BCUT2D eigenvalue weighted by molar-refractivity contribution is 0.192. The average Bonchev–Trinajstić information content (AvgIpc) is 2.93. The van der Waals surface area contributed by atoms with Gasteiger partial charge in [0.1, 0.15) is 0 Å². The minimum Gasteiger partial charge on any atom is -0.365 e. The Morgan fingerprint density at radius 3 is 2.90 bits per heavy atom. The van der Waals surface area contributed by atoms with Gasteiger partial charge in [0.05, 0.1) is 0 Å². The second-order valence-electron chi connectivity index (χ2n) is 4.94. The van der Waals surface area contributed by atoms with Crippen molar-refractivity contribution >= 4 is 17.6 Å². The molecule has 1 aromatic heterocycles. The monoisotopic (exact) mass is 289 g/mol. The van der Waals surface area contributed by atoms with Crippen LogP contribution in [0.15, 0.2) is 36.5 Å². The Labute approximate surface area is 122 Å². The predicted molar refractivity (Wildman–Crippen MR) is 78.6 cm³/mol. The van der Waals surface area contributed by atoms with E-state index in [2.05, 4.69) is 10.3 Å². The average molecular weight is 290 g/mol. The maximum absolute atomic E-state index is 12.1. The summed E-state index contributed by atoms with van der Waals surface area (Å²) < 4.78 is 0. The zero-order chi connectivity index (χ0) is 13.9. The van der Waals surface area contributed by atoms with Gasteiger partial charge >= 0.3 is 6.03 Å². The molecule has 2 amide bonds. The molecule has 2 aromatic rings. The summed E-state index contributed by atoms with van der Waals surface area (Å²) in [6.07, 6.45) is 2.82. The van der Waals surface area contributed by atoms with Gasteiger partial charge in [0.15, 0.2) is 0 Å². The second-order valence-corrected chi connectivity index (χ2v) is 5.37. The summed E-state index contributed by atoms with van der Waals surface area (Å²) in [6, 6.07) is 9.51. The largest absolute Gasteiger partial charge is 0.365 e. The van der Waals surface area contributed by atoms with Gasteiger partial charge in [0, 0.05) is 43.0 Å². The van der Waals surface area contributed by atoms with Gasteiger partial charge in [-0.25, -0.2) is 4.79 Å². The van der Waals surface area contributed by atoms with E-state index in [-0.39, 0.29) is 6.03 Å². The molecule has 0 aliphatic carbocycles. The highest BCUT2D eigenvalue weighted by molar-refractivity contribution is 6.30. The molecule has 104 valence electrons. The van der Waals surface area contributed by atoms with Gasteiger partial charge in [0.2, 0.25) is 0 Å². The van der Waals surface area contributed by atoms with Crippen molar-refractivity contribution in [2.75, 3.05) is 6.54 Å². The normalized spacial score (nSPS) is 13.9. The van der Waals surface area contributed by atoms with Crippen molar-refractivity contribution in [1.29, 1.82) is 0 Å². The Morgan fingerprint density at radius 1 is 1.30 bits per heavy atom. The third-order valence-electron chi connectivity index (χ3n) is 3.57. The Balaban J connectivity index is 1.56. The van der Waals surface area contributed by atoms with Crippen molar-refractivity contribution < 1.29 is 4.79 Å². The molecule has 4 nitrogen and oxygen atoms in total. The summed E-state index contributed by atoms with van der Waals surface area (Å²) >= 11 is 5.83. The lowest BCUT2D eigenvalue weighted by Crippen LogP contribution is -2.42. The van der Waals surface area contributed by atoms with Gasteiger partial charge < -0.3 is 15.2 Å². The van der Waals surface area contributed by atoms with Crippen LogP contribution in [0.4, 0.5) is 4.79 Å². The number of nitrogens with zero attached hydrogens (tertiary/aromatic N) is 1. The summed E-state index contributed by atoms with van der Waals surface area (Å²) in [4.78, 5) is 17.2. The number of aromatic nitrogens is 1. The number of urea groups is 1. The fraction of sp³-hybridized carbons (Fsp3) is 0.267. The van der Waals surface area contributed by atoms with E-state index in [0.29, 0.717) is 18.1 Å². The molecule has 0 atom stereocenters. The molecule has 2 heterocycles. The molecule has 0 saturated carbocycles. The van der Waals surface area contributed by atoms with E-state index in [1.54, 1.807) is 0 Å². The number of hydrogen-bond donors (Lipinski definition) is 2. The Morgan fingerprint density at radius 2 is 2.10 bits per heavy atom. The number of hydrogen-bond acceptors (Lipinski definition) is 1. The van der Waals surface area contributed by atoms with Crippen LogP contribution >= 0.6 is 11.6 Å². The minimum atomic E-state index is -0.0215. The highest BCUT2D eigenvalue weighted by Gasteiger charge is 2.20. The van der Waals surface area contributed by atoms with Crippen molar-refractivity contribution in [3.05, 3.63) is 58.4 Å². The van der Waals surface area contributed by atoms with Gasteiger partial charge in [0.25, 0.3) is 0 Å².